The molecule has 0 aliphatic carbocycles. The summed E-state index contributed by atoms with van der Waals surface area (Å²) >= 11 is 9.86. The van der Waals surface area contributed by atoms with Crippen LogP contribution >= 0.6 is 27.5 Å². The number of rotatable bonds is 4. The third kappa shape index (κ3) is 3.06. The van der Waals surface area contributed by atoms with Gasteiger partial charge in [0.25, 0.3) is 0 Å². The number of halogens is 2. The fourth-order valence-electron chi connectivity index (χ4n) is 1.97. The van der Waals surface area contributed by atoms with E-state index in [1.165, 1.54) is 5.56 Å². The zero-order valence-corrected chi connectivity index (χ0v) is 13.8. The van der Waals surface area contributed by atoms with Gasteiger partial charge >= 0.3 is 0 Å². The Kier molecular flexibility index (Phi) is 4.42. The van der Waals surface area contributed by atoms with Gasteiger partial charge in [-0.15, -0.1) is 11.6 Å². The summed E-state index contributed by atoms with van der Waals surface area (Å²) < 4.78 is 5.93. The second-order valence-electron chi connectivity index (χ2n) is 5.37. The minimum atomic E-state index is -0.188. The zero-order chi connectivity index (χ0) is 14.0. The smallest absolute Gasteiger partial charge is 0.173 e. The van der Waals surface area contributed by atoms with Gasteiger partial charge in [0, 0.05) is 5.56 Å². The summed E-state index contributed by atoms with van der Waals surface area (Å²) in [5.41, 5.74) is 3.59. The van der Waals surface area contributed by atoms with Crippen molar-refractivity contribution >= 4 is 27.5 Å². The Morgan fingerprint density at radius 3 is 2.32 bits per heavy atom. The van der Waals surface area contributed by atoms with Crippen LogP contribution in [-0.2, 0) is 5.41 Å². The van der Waals surface area contributed by atoms with Crippen LogP contribution in [0.5, 0.6) is 0 Å². The second-order valence-corrected chi connectivity index (χ2v) is 6.53. The van der Waals surface area contributed by atoms with Crippen LogP contribution in [-0.4, -0.2) is 0 Å². The summed E-state index contributed by atoms with van der Waals surface area (Å²) in [5.74, 6) is 0. The Hall–Kier alpha value is -0.730. The molecule has 0 aliphatic rings. The molecule has 1 aromatic heterocycles. The van der Waals surface area contributed by atoms with Crippen molar-refractivity contribution in [3.63, 3.8) is 0 Å². The lowest BCUT2D eigenvalue weighted by molar-refractivity contribution is 0.506. The zero-order valence-electron chi connectivity index (χ0n) is 11.4. The molecule has 0 N–H and O–H groups in total. The molecule has 1 heterocycles. The van der Waals surface area contributed by atoms with E-state index in [9.17, 15) is 0 Å². The van der Waals surface area contributed by atoms with Crippen molar-refractivity contribution < 1.29 is 4.42 Å². The van der Waals surface area contributed by atoms with E-state index in [4.69, 9.17) is 16.0 Å². The molecule has 102 valence electrons. The normalized spacial score (nSPS) is 13.5. The van der Waals surface area contributed by atoms with Crippen LogP contribution in [0.25, 0.3) is 0 Å². The van der Waals surface area contributed by atoms with Crippen molar-refractivity contribution in [3.05, 3.63) is 58.0 Å². The average Bonchev–Trinajstić information content (AvgIpc) is 2.84. The van der Waals surface area contributed by atoms with Crippen LogP contribution < -0.4 is 0 Å². The molecule has 1 unspecified atom stereocenters. The van der Waals surface area contributed by atoms with Crippen LogP contribution in [0.15, 0.2) is 45.7 Å². The van der Waals surface area contributed by atoms with E-state index >= 15 is 0 Å². The predicted octanol–water partition coefficient (Wildman–Crippen LogP) is 6.06. The monoisotopic (exact) mass is 340 g/mol. The van der Waals surface area contributed by atoms with Gasteiger partial charge in [-0.05, 0) is 45.0 Å². The van der Waals surface area contributed by atoms with Crippen LogP contribution in [0.2, 0.25) is 0 Å². The molecule has 3 heteroatoms. The van der Waals surface area contributed by atoms with E-state index in [0.717, 1.165) is 17.5 Å². The molecular weight excluding hydrogens is 324 g/mol. The second kappa shape index (κ2) is 5.72. The molecule has 1 atom stereocenters. The molecule has 1 aromatic carbocycles. The van der Waals surface area contributed by atoms with E-state index in [-0.39, 0.29) is 10.8 Å². The van der Waals surface area contributed by atoms with Gasteiger partial charge in [0.15, 0.2) is 4.67 Å². The molecule has 0 fully saturated rings. The number of alkyl halides is 1. The fraction of sp³-hybridized carbons (Fsp3) is 0.375. The highest BCUT2D eigenvalue weighted by Crippen LogP contribution is 2.35. The van der Waals surface area contributed by atoms with Crippen LogP contribution in [0.1, 0.15) is 49.3 Å². The van der Waals surface area contributed by atoms with Gasteiger partial charge in [0.1, 0.15) is 0 Å². The van der Waals surface area contributed by atoms with Crippen molar-refractivity contribution in [2.75, 3.05) is 0 Å². The highest BCUT2D eigenvalue weighted by atomic mass is 79.9. The van der Waals surface area contributed by atoms with Gasteiger partial charge < -0.3 is 4.42 Å². The summed E-state index contributed by atoms with van der Waals surface area (Å²) in [6.07, 6.45) is 2.76. The highest BCUT2D eigenvalue weighted by Gasteiger charge is 2.20. The summed E-state index contributed by atoms with van der Waals surface area (Å²) in [6, 6.07) is 10.4. The molecule has 0 amide bonds. The standard InChI is InChI=1S/C16H18BrClO/c1-4-16(2,3)12-7-5-11(6-8-12)14(18)13-9-10-19-15(13)17/h5-10,14H,4H2,1-3H3. The quantitative estimate of drug-likeness (QED) is 0.616. The van der Waals surface area contributed by atoms with Gasteiger partial charge in [-0.25, -0.2) is 0 Å². The molecular formula is C16H18BrClO. The van der Waals surface area contributed by atoms with Crippen molar-refractivity contribution in [1.29, 1.82) is 0 Å². The Balaban J connectivity index is 2.26. The molecule has 2 rings (SSSR count). The van der Waals surface area contributed by atoms with Crippen LogP contribution in [0.4, 0.5) is 0 Å². The predicted molar refractivity (Wildman–Crippen MR) is 83.9 cm³/mol. The van der Waals surface area contributed by atoms with Gasteiger partial charge in [0.2, 0.25) is 0 Å². The Morgan fingerprint density at radius 2 is 1.84 bits per heavy atom. The van der Waals surface area contributed by atoms with E-state index in [2.05, 4.69) is 61.0 Å². The minimum Gasteiger partial charge on any atom is -0.457 e. The maximum absolute atomic E-state index is 6.49. The Labute approximate surface area is 128 Å². The fourth-order valence-corrected chi connectivity index (χ4v) is 2.89. The lowest BCUT2D eigenvalue weighted by Gasteiger charge is -2.23. The van der Waals surface area contributed by atoms with Crippen LogP contribution in [0.3, 0.4) is 0 Å². The molecule has 0 saturated heterocycles. The van der Waals surface area contributed by atoms with E-state index in [1.807, 2.05) is 6.07 Å². The summed E-state index contributed by atoms with van der Waals surface area (Å²) in [6.45, 7) is 6.72. The topological polar surface area (TPSA) is 13.1 Å². The first-order valence-electron chi connectivity index (χ1n) is 6.43. The third-order valence-corrected chi connectivity index (χ3v) is 4.92. The van der Waals surface area contributed by atoms with Gasteiger partial charge in [-0.2, -0.15) is 0 Å². The first kappa shape index (κ1) is 14.7. The van der Waals surface area contributed by atoms with Gasteiger partial charge in [-0.1, -0.05) is 45.0 Å². The summed E-state index contributed by atoms with van der Waals surface area (Å²) in [7, 11) is 0. The highest BCUT2D eigenvalue weighted by molar-refractivity contribution is 9.10. The number of furan rings is 1. The number of benzene rings is 1. The lowest BCUT2D eigenvalue weighted by atomic mass is 9.82. The maximum Gasteiger partial charge on any atom is 0.173 e. The lowest BCUT2D eigenvalue weighted by Crippen LogP contribution is -2.15. The minimum absolute atomic E-state index is 0.188. The third-order valence-electron chi connectivity index (χ3n) is 3.79. The Bertz CT molecular complexity index is 542. The summed E-state index contributed by atoms with van der Waals surface area (Å²) in [5, 5.41) is -0.188. The first-order valence-corrected chi connectivity index (χ1v) is 7.66. The Morgan fingerprint density at radius 1 is 1.21 bits per heavy atom. The van der Waals surface area contributed by atoms with E-state index in [1.54, 1.807) is 6.26 Å². The van der Waals surface area contributed by atoms with Crippen molar-refractivity contribution in [2.45, 2.75) is 38.0 Å². The molecule has 0 radical (unpaired) electrons. The molecule has 0 aliphatic heterocycles. The van der Waals surface area contributed by atoms with E-state index in [0.29, 0.717) is 4.67 Å². The molecule has 1 nitrogen and oxygen atoms in total. The molecule has 2 aromatic rings. The van der Waals surface area contributed by atoms with Crippen molar-refractivity contribution in [1.82, 2.24) is 0 Å². The molecule has 0 bridgehead atoms. The number of hydrogen-bond donors (Lipinski definition) is 0. The van der Waals surface area contributed by atoms with Crippen molar-refractivity contribution in [2.24, 2.45) is 0 Å². The first-order chi connectivity index (χ1) is 8.95. The summed E-state index contributed by atoms with van der Waals surface area (Å²) in [4.78, 5) is 0. The molecule has 0 saturated carbocycles. The number of hydrogen-bond acceptors (Lipinski definition) is 1. The maximum atomic E-state index is 6.49. The van der Waals surface area contributed by atoms with Gasteiger partial charge in [0.05, 0.1) is 11.6 Å². The van der Waals surface area contributed by atoms with Gasteiger partial charge in [-0.3, -0.25) is 0 Å². The largest absolute Gasteiger partial charge is 0.457 e. The average molecular weight is 342 g/mol. The molecule has 0 spiro atoms. The molecule has 19 heavy (non-hydrogen) atoms. The van der Waals surface area contributed by atoms with Crippen molar-refractivity contribution in [3.8, 4) is 0 Å². The van der Waals surface area contributed by atoms with E-state index < -0.39 is 0 Å². The van der Waals surface area contributed by atoms with Crippen LogP contribution in [0, 0.1) is 0 Å². The SMILES string of the molecule is CCC(C)(C)c1ccc(C(Cl)c2ccoc2Br)cc1.